The Bertz CT molecular complexity index is 914. The molecule has 3 heterocycles. The van der Waals surface area contributed by atoms with Crippen LogP contribution in [0.4, 0.5) is 0 Å². The number of aryl methyl sites for hydroxylation is 2. The van der Waals surface area contributed by atoms with Gasteiger partial charge in [-0.05, 0) is 43.7 Å². The molecule has 0 spiro atoms. The average molecular weight is 363 g/mol. The number of nitrogens with zero attached hydrogens (tertiary/aromatic N) is 5. The highest BCUT2D eigenvalue weighted by Gasteiger charge is 2.28. The van der Waals surface area contributed by atoms with Crippen LogP contribution in [0.2, 0.25) is 0 Å². The summed E-state index contributed by atoms with van der Waals surface area (Å²) in [6.07, 6.45) is 6.69. The lowest BCUT2D eigenvalue weighted by Gasteiger charge is -2.21. The number of amides is 1. The van der Waals surface area contributed by atoms with Gasteiger partial charge < -0.3 is 4.90 Å². The van der Waals surface area contributed by atoms with Crippen LogP contribution in [-0.4, -0.2) is 43.5 Å². The Morgan fingerprint density at radius 1 is 1.11 bits per heavy atom. The molecule has 1 aromatic carbocycles. The first-order chi connectivity index (χ1) is 13.1. The molecule has 140 valence electrons. The summed E-state index contributed by atoms with van der Waals surface area (Å²) in [5.74, 6) is 1.30. The van der Waals surface area contributed by atoms with Crippen molar-refractivity contribution >= 4 is 5.91 Å². The Balaban J connectivity index is 1.57. The fourth-order valence-corrected chi connectivity index (χ4v) is 4.07. The van der Waals surface area contributed by atoms with Crippen LogP contribution in [0.15, 0.2) is 48.8 Å². The summed E-state index contributed by atoms with van der Waals surface area (Å²) in [6.45, 7) is 3.45. The van der Waals surface area contributed by atoms with Crippen LogP contribution < -0.4 is 0 Å². The zero-order valence-electron chi connectivity index (χ0n) is 15.9. The van der Waals surface area contributed by atoms with Gasteiger partial charge in [0.15, 0.2) is 5.82 Å². The molecule has 0 radical (unpaired) electrons. The van der Waals surface area contributed by atoms with Gasteiger partial charge in [-0.3, -0.25) is 4.79 Å². The quantitative estimate of drug-likeness (QED) is 0.717. The first kappa shape index (κ1) is 17.5. The molecule has 6 heteroatoms. The number of carbonyl (C=O) groups is 1. The molecule has 2 aromatic heterocycles. The third-order valence-corrected chi connectivity index (χ3v) is 5.41. The number of carbonyl (C=O) groups excluding carboxylic acids is 1. The molecular formula is C21H25N5O. The molecule has 3 aromatic rings. The fourth-order valence-electron chi connectivity index (χ4n) is 4.07. The molecule has 1 aliphatic rings. The van der Waals surface area contributed by atoms with E-state index in [0.29, 0.717) is 11.5 Å². The van der Waals surface area contributed by atoms with E-state index in [1.807, 2.05) is 31.1 Å². The summed E-state index contributed by atoms with van der Waals surface area (Å²) in [5.41, 5.74) is 2.78. The fraction of sp³-hybridized carbons (Fsp3) is 0.381. The van der Waals surface area contributed by atoms with Crippen LogP contribution in [0.3, 0.4) is 0 Å². The maximum atomic E-state index is 13.4. The minimum Gasteiger partial charge on any atom is -0.338 e. The van der Waals surface area contributed by atoms with E-state index in [1.54, 1.807) is 15.6 Å². The summed E-state index contributed by atoms with van der Waals surface area (Å²) >= 11 is 0. The molecule has 1 fully saturated rings. The van der Waals surface area contributed by atoms with E-state index in [1.165, 1.54) is 5.56 Å². The van der Waals surface area contributed by atoms with Crippen LogP contribution in [-0.2, 0) is 7.05 Å². The second kappa shape index (κ2) is 7.39. The number of aromatic nitrogens is 4. The minimum atomic E-state index is 0.0554. The molecule has 1 unspecified atom stereocenters. The van der Waals surface area contributed by atoms with E-state index in [2.05, 4.69) is 40.5 Å². The third kappa shape index (κ3) is 3.39. The van der Waals surface area contributed by atoms with Crippen molar-refractivity contribution in [3.63, 3.8) is 0 Å². The number of rotatable bonds is 3. The SMILES string of the molecule is Cc1nn(C)c(-n2cccn2)c1C(=O)N1CCCC(c2ccccc2)CC1. The van der Waals surface area contributed by atoms with Gasteiger partial charge in [-0.15, -0.1) is 0 Å². The smallest absolute Gasteiger partial charge is 0.259 e. The standard InChI is InChI=1S/C21H25N5O/c1-16-19(20(24(2)23-16)26-14-7-12-22-26)21(27)25-13-6-10-18(11-15-25)17-8-4-3-5-9-17/h3-5,7-9,12,14,18H,6,10-11,13,15H2,1-2H3. The van der Waals surface area contributed by atoms with Gasteiger partial charge in [-0.2, -0.15) is 10.2 Å². The average Bonchev–Trinajstić information content (AvgIpc) is 3.21. The summed E-state index contributed by atoms with van der Waals surface area (Å²) in [4.78, 5) is 15.4. The molecule has 6 nitrogen and oxygen atoms in total. The zero-order valence-corrected chi connectivity index (χ0v) is 15.9. The summed E-state index contributed by atoms with van der Waals surface area (Å²) in [7, 11) is 1.86. The first-order valence-corrected chi connectivity index (χ1v) is 9.53. The lowest BCUT2D eigenvalue weighted by Crippen LogP contribution is -2.33. The Morgan fingerprint density at radius 2 is 1.93 bits per heavy atom. The predicted octanol–water partition coefficient (Wildman–Crippen LogP) is 3.32. The van der Waals surface area contributed by atoms with Gasteiger partial charge in [-0.1, -0.05) is 30.3 Å². The van der Waals surface area contributed by atoms with E-state index >= 15 is 0 Å². The van der Waals surface area contributed by atoms with Crippen LogP contribution in [0.5, 0.6) is 0 Å². The van der Waals surface area contributed by atoms with Gasteiger partial charge in [0.1, 0.15) is 5.56 Å². The van der Waals surface area contributed by atoms with Crippen molar-refractivity contribution < 1.29 is 4.79 Å². The van der Waals surface area contributed by atoms with Crippen LogP contribution in [0.1, 0.15) is 46.8 Å². The highest BCUT2D eigenvalue weighted by Crippen LogP contribution is 2.29. The highest BCUT2D eigenvalue weighted by molar-refractivity contribution is 5.98. The van der Waals surface area contributed by atoms with E-state index in [9.17, 15) is 4.79 Å². The normalized spacial score (nSPS) is 17.7. The molecular weight excluding hydrogens is 338 g/mol. The number of benzene rings is 1. The minimum absolute atomic E-state index is 0.0554. The molecule has 0 bridgehead atoms. The summed E-state index contributed by atoms with van der Waals surface area (Å²) in [5, 5.41) is 8.78. The van der Waals surface area contributed by atoms with Crippen molar-refractivity contribution in [2.24, 2.45) is 7.05 Å². The number of hydrogen-bond donors (Lipinski definition) is 0. The molecule has 1 aliphatic heterocycles. The molecule has 1 amide bonds. The molecule has 1 saturated heterocycles. The van der Waals surface area contributed by atoms with E-state index in [4.69, 9.17) is 0 Å². The van der Waals surface area contributed by atoms with Crippen molar-refractivity contribution in [2.75, 3.05) is 13.1 Å². The van der Waals surface area contributed by atoms with Crippen molar-refractivity contribution in [2.45, 2.75) is 32.1 Å². The second-order valence-electron chi connectivity index (χ2n) is 7.19. The Kier molecular flexibility index (Phi) is 4.79. The van der Waals surface area contributed by atoms with E-state index in [0.717, 1.165) is 43.9 Å². The van der Waals surface area contributed by atoms with Crippen LogP contribution in [0.25, 0.3) is 5.82 Å². The van der Waals surface area contributed by atoms with E-state index in [-0.39, 0.29) is 5.91 Å². The van der Waals surface area contributed by atoms with Crippen LogP contribution >= 0.6 is 0 Å². The maximum absolute atomic E-state index is 13.4. The summed E-state index contributed by atoms with van der Waals surface area (Å²) < 4.78 is 3.46. The molecule has 27 heavy (non-hydrogen) atoms. The lowest BCUT2D eigenvalue weighted by molar-refractivity contribution is 0.0760. The van der Waals surface area contributed by atoms with Gasteiger partial charge in [0.2, 0.25) is 0 Å². The topological polar surface area (TPSA) is 56.0 Å². The molecule has 1 atom stereocenters. The van der Waals surface area contributed by atoms with Crippen LogP contribution in [0, 0.1) is 6.92 Å². The molecule has 0 N–H and O–H groups in total. The van der Waals surface area contributed by atoms with Gasteiger partial charge in [-0.25, -0.2) is 9.36 Å². The van der Waals surface area contributed by atoms with Crippen molar-refractivity contribution in [1.82, 2.24) is 24.5 Å². The Hall–Kier alpha value is -2.89. The highest BCUT2D eigenvalue weighted by atomic mass is 16.2. The summed E-state index contributed by atoms with van der Waals surface area (Å²) in [6, 6.07) is 12.5. The van der Waals surface area contributed by atoms with Gasteiger partial charge in [0.05, 0.1) is 5.69 Å². The number of hydrogen-bond acceptors (Lipinski definition) is 3. The monoisotopic (exact) mass is 363 g/mol. The third-order valence-electron chi connectivity index (χ3n) is 5.41. The van der Waals surface area contributed by atoms with Crippen molar-refractivity contribution in [3.05, 3.63) is 65.6 Å². The zero-order chi connectivity index (χ0) is 18.8. The maximum Gasteiger partial charge on any atom is 0.259 e. The van der Waals surface area contributed by atoms with Gasteiger partial charge in [0, 0.05) is 32.5 Å². The Labute approximate surface area is 159 Å². The number of likely N-dealkylation sites (tertiary alicyclic amines) is 1. The van der Waals surface area contributed by atoms with E-state index < -0.39 is 0 Å². The van der Waals surface area contributed by atoms with Crippen molar-refractivity contribution in [1.29, 1.82) is 0 Å². The van der Waals surface area contributed by atoms with Gasteiger partial charge in [0.25, 0.3) is 5.91 Å². The van der Waals surface area contributed by atoms with Gasteiger partial charge >= 0.3 is 0 Å². The molecule has 0 aliphatic carbocycles. The second-order valence-corrected chi connectivity index (χ2v) is 7.19. The lowest BCUT2D eigenvalue weighted by atomic mass is 9.92. The predicted molar refractivity (Wildman–Crippen MR) is 104 cm³/mol. The molecule has 0 saturated carbocycles. The Morgan fingerprint density at radius 3 is 2.67 bits per heavy atom. The first-order valence-electron chi connectivity index (χ1n) is 9.53. The van der Waals surface area contributed by atoms with Crippen molar-refractivity contribution in [3.8, 4) is 5.82 Å². The largest absolute Gasteiger partial charge is 0.338 e. The molecule has 4 rings (SSSR count).